The fraction of sp³-hybridized carbons (Fsp3) is 1.00. The number of nitrogens with zero attached hydrogens (tertiary/aromatic N) is 1. The Kier molecular flexibility index (Phi) is 5.97. The van der Waals surface area contributed by atoms with E-state index in [1.807, 2.05) is 0 Å². The van der Waals surface area contributed by atoms with Gasteiger partial charge in [0.25, 0.3) is 0 Å². The molecule has 1 saturated carbocycles. The molecule has 2 fully saturated rings. The molecule has 1 aliphatic carbocycles. The summed E-state index contributed by atoms with van der Waals surface area (Å²) in [6.07, 6.45) is 11.7. The van der Waals surface area contributed by atoms with Gasteiger partial charge in [0.1, 0.15) is 0 Å². The minimum Gasteiger partial charge on any atom is -0.314 e. The van der Waals surface area contributed by atoms with E-state index in [1.165, 1.54) is 71.0 Å². The Hall–Kier alpha value is -0.0800. The largest absolute Gasteiger partial charge is 0.314 e. The van der Waals surface area contributed by atoms with Crippen molar-refractivity contribution in [2.45, 2.75) is 77.3 Å². The summed E-state index contributed by atoms with van der Waals surface area (Å²) in [7, 11) is 0. The molecule has 0 spiro atoms. The van der Waals surface area contributed by atoms with Gasteiger partial charge in [0.15, 0.2) is 0 Å². The van der Waals surface area contributed by atoms with Gasteiger partial charge in [-0.3, -0.25) is 0 Å². The lowest BCUT2D eigenvalue weighted by Gasteiger charge is -2.29. The highest BCUT2D eigenvalue weighted by Gasteiger charge is 2.27. The molecular formula is C16H32N2. The molecule has 2 rings (SSSR count). The molecule has 1 N–H and O–H groups in total. The highest BCUT2D eigenvalue weighted by atomic mass is 15.2. The Bertz CT molecular complexity index is 219. The van der Waals surface area contributed by atoms with Gasteiger partial charge in [-0.2, -0.15) is 0 Å². The highest BCUT2D eigenvalue weighted by Crippen LogP contribution is 2.26. The van der Waals surface area contributed by atoms with Crippen molar-refractivity contribution < 1.29 is 0 Å². The van der Waals surface area contributed by atoms with Crippen molar-refractivity contribution in [3.8, 4) is 0 Å². The van der Waals surface area contributed by atoms with E-state index in [9.17, 15) is 0 Å². The highest BCUT2D eigenvalue weighted by molar-refractivity contribution is 4.83. The van der Waals surface area contributed by atoms with Gasteiger partial charge in [0.05, 0.1) is 0 Å². The van der Waals surface area contributed by atoms with E-state index in [4.69, 9.17) is 0 Å². The molecule has 106 valence electrons. The van der Waals surface area contributed by atoms with Crippen LogP contribution in [0.2, 0.25) is 0 Å². The Labute approximate surface area is 114 Å². The van der Waals surface area contributed by atoms with Crippen molar-refractivity contribution in [2.24, 2.45) is 5.92 Å². The van der Waals surface area contributed by atoms with Crippen LogP contribution >= 0.6 is 0 Å². The predicted molar refractivity (Wildman–Crippen MR) is 78.9 cm³/mol. The lowest BCUT2D eigenvalue weighted by Crippen LogP contribution is -2.36. The van der Waals surface area contributed by atoms with Gasteiger partial charge in [-0.15, -0.1) is 0 Å². The average Bonchev–Trinajstić information content (AvgIpc) is 2.74. The molecule has 1 heterocycles. The summed E-state index contributed by atoms with van der Waals surface area (Å²) in [5.41, 5.74) is 0. The van der Waals surface area contributed by atoms with Crippen molar-refractivity contribution in [1.29, 1.82) is 0 Å². The SMILES string of the molecule is CC(C)NCC1CCN(C2CCCCCCC2)C1. The molecule has 0 radical (unpaired) electrons. The summed E-state index contributed by atoms with van der Waals surface area (Å²) >= 11 is 0. The monoisotopic (exact) mass is 252 g/mol. The summed E-state index contributed by atoms with van der Waals surface area (Å²) in [6, 6.07) is 1.55. The van der Waals surface area contributed by atoms with Gasteiger partial charge >= 0.3 is 0 Å². The molecule has 0 aromatic heterocycles. The van der Waals surface area contributed by atoms with Crippen LogP contribution in [-0.4, -0.2) is 36.6 Å². The maximum absolute atomic E-state index is 3.61. The van der Waals surface area contributed by atoms with E-state index in [-0.39, 0.29) is 0 Å². The zero-order chi connectivity index (χ0) is 12.8. The maximum atomic E-state index is 3.61. The van der Waals surface area contributed by atoms with Crippen LogP contribution in [-0.2, 0) is 0 Å². The number of hydrogen-bond acceptors (Lipinski definition) is 2. The predicted octanol–water partition coefficient (Wildman–Crippen LogP) is 3.42. The summed E-state index contributed by atoms with van der Waals surface area (Å²) in [6.45, 7) is 8.43. The summed E-state index contributed by atoms with van der Waals surface area (Å²) < 4.78 is 0. The minimum absolute atomic E-state index is 0.639. The topological polar surface area (TPSA) is 15.3 Å². The molecule has 1 unspecified atom stereocenters. The smallest absolute Gasteiger partial charge is 0.00953 e. The normalized spacial score (nSPS) is 28.5. The van der Waals surface area contributed by atoms with Gasteiger partial charge in [0, 0.05) is 18.6 Å². The number of likely N-dealkylation sites (tertiary alicyclic amines) is 1. The van der Waals surface area contributed by atoms with Crippen LogP contribution in [0.1, 0.15) is 65.2 Å². The third kappa shape index (κ3) is 4.55. The molecule has 0 amide bonds. The molecular weight excluding hydrogens is 220 g/mol. The maximum Gasteiger partial charge on any atom is 0.00953 e. The van der Waals surface area contributed by atoms with E-state index >= 15 is 0 Å². The second-order valence-corrected chi connectivity index (χ2v) is 6.71. The first kappa shape index (κ1) is 14.3. The second-order valence-electron chi connectivity index (χ2n) is 6.71. The molecule has 0 aromatic rings. The Morgan fingerprint density at radius 1 is 1.00 bits per heavy atom. The Balaban J connectivity index is 1.72. The first-order chi connectivity index (χ1) is 8.75. The minimum atomic E-state index is 0.639. The first-order valence-corrected chi connectivity index (χ1v) is 8.23. The van der Waals surface area contributed by atoms with Crippen molar-refractivity contribution in [1.82, 2.24) is 10.2 Å². The third-order valence-corrected chi connectivity index (χ3v) is 4.72. The van der Waals surface area contributed by atoms with Gasteiger partial charge in [-0.25, -0.2) is 0 Å². The van der Waals surface area contributed by atoms with Crippen LogP contribution in [0.4, 0.5) is 0 Å². The first-order valence-electron chi connectivity index (χ1n) is 8.23. The Morgan fingerprint density at radius 3 is 2.33 bits per heavy atom. The van der Waals surface area contributed by atoms with Gasteiger partial charge in [0.2, 0.25) is 0 Å². The number of hydrogen-bond donors (Lipinski definition) is 1. The number of rotatable bonds is 4. The zero-order valence-electron chi connectivity index (χ0n) is 12.5. The molecule has 2 heteroatoms. The van der Waals surface area contributed by atoms with Gasteiger partial charge in [-0.1, -0.05) is 46.0 Å². The van der Waals surface area contributed by atoms with E-state index in [0.29, 0.717) is 6.04 Å². The van der Waals surface area contributed by atoms with E-state index < -0.39 is 0 Å². The molecule has 1 saturated heterocycles. The van der Waals surface area contributed by atoms with E-state index in [1.54, 1.807) is 0 Å². The second kappa shape index (κ2) is 7.49. The van der Waals surface area contributed by atoms with Crippen LogP contribution in [0.5, 0.6) is 0 Å². The molecule has 1 atom stereocenters. The van der Waals surface area contributed by atoms with Crippen molar-refractivity contribution in [2.75, 3.05) is 19.6 Å². The molecule has 0 aromatic carbocycles. The van der Waals surface area contributed by atoms with Crippen molar-refractivity contribution >= 4 is 0 Å². The lowest BCUT2D eigenvalue weighted by molar-refractivity contribution is 0.195. The fourth-order valence-corrected chi connectivity index (χ4v) is 3.56. The zero-order valence-corrected chi connectivity index (χ0v) is 12.5. The van der Waals surface area contributed by atoms with Crippen molar-refractivity contribution in [3.05, 3.63) is 0 Å². The average molecular weight is 252 g/mol. The summed E-state index contributed by atoms with van der Waals surface area (Å²) in [4.78, 5) is 2.80. The quantitative estimate of drug-likeness (QED) is 0.825. The van der Waals surface area contributed by atoms with Gasteiger partial charge in [-0.05, 0) is 38.3 Å². The van der Waals surface area contributed by atoms with E-state index in [2.05, 4.69) is 24.1 Å². The van der Waals surface area contributed by atoms with Gasteiger partial charge < -0.3 is 10.2 Å². The van der Waals surface area contributed by atoms with Crippen LogP contribution in [0, 0.1) is 5.92 Å². The lowest BCUT2D eigenvalue weighted by atomic mass is 9.96. The summed E-state index contributed by atoms with van der Waals surface area (Å²) in [5.74, 6) is 0.901. The fourth-order valence-electron chi connectivity index (χ4n) is 3.56. The molecule has 1 aliphatic heterocycles. The van der Waals surface area contributed by atoms with Crippen LogP contribution in [0.3, 0.4) is 0 Å². The molecule has 0 bridgehead atoms. The van der Waals surface area contributed by atoms with Crippen molar-refractivity contribution in [3.63, 3.8) is 0 Å². The molecule has 2 nitrogen and oxygen atoms in total. The Morgan fingerprint density at radius 2 is 1.67 bits per heavy atom. The molecule has 18 heavy (non-hydrogen) atoms. The third-order valence-electron chi connectivity index (χ3n) is 4.72. The number of nitrogens with one attached hydrogen (secondary N) is 1. The van der Waals surface area contributed by atoms with Crippen LogP contribution in [0.25, 0.3) is 0 Å². The summed E-state index contributed by atoms with van der Waals surface area (Å²) in [5, 5.41) is 3.61. The van der Waals surface area contributed by atoms with Crippen LogP contribution in [0.15, 0.2) is 0 Å². The molecule has 2 aliphatic rings. The standard InChI is InChI=1S/C16H32N2/c1-14(2)17-12-15-10-11-18(13-15)16-8-6-4-3-5-7-9-16/h14-17H,3-13H2,1-2H3. The van der Waals surface area contributed by atoms with Crippen LogP contribution < -0.4 is 5.32 Å². The van der Waals surface area contributed by atoms with E-state index in [0.717, 1.165) is 12.0 Å².